The molecule has 0 aliphatic heterocycles. The number of aryl methyl sites for hydroxylation is 1. The van der Waals surface area contributed by atoms with E-state index < -0.39 is 9.05 Å². The van der Waals surface area contributed by atoms with Crippen LogP contribution in [0.4, 0.5) is 0 Å². The van der Waals surface area contributed by atoms with E-state index in [-0.39, 0.29) is 11.2 Å². The molecule has 0 fully saturated rings. The van der Waals surface area contributed by atoms with Gasteiger partial charge in [-0.15, -0.1) is 0 Å². The van der Waals surface area contributed by atoms with Crippen LogP contribution >= 0.6 is 10.7 Å². The van der Waals surface area contributed by atoms with Crippen LogP contribution in [0.1, 0.15) is 32.2 Å². The molecular formula is C13H17ClN2O2S. The maximum Gasteiger partial charge on any atom is 0.236 e. The Balaban J connectivity index is 2.56. The van der Waals surface area contributed by atoms with Crippen LogP contribution in [0.2, 0.25) is 0 Å². The molecule has 0 bridgehead atoms. The Morgan fingerprint density at radius 3 is 2.47 bits per heavy atom. The zero-order valence-corrected chi connectivity index (χ0v) is 13.0. The number of aromatic nitrogens is 2. The molecule has 19 heavy (non-hydrogen) atoms. The largest absolute Gasteiger partial charge is 0.331 e. The minimum atomic E-state index is -3.54. The molecule has 1 aromatic carbocycles. The van der Waals surface area contributed by atoms with E-state index in [4.69, 9.17) is 10.7 Å². The highest BCUT2D eigenvalue weighted by molar-refractivity contribution is 8.13. The van der Waals surface area contributed by atoms with E-state index >= 15 is 0 Å². The Hall–Kier alpha value is -1.07. The van der Waals surface area contributed by atoms with Gasteiger partial charge in [0.25, 0.3) is 0 Å². The molecule has 0 unspecified atom stereocenters. The molecule has 1 aromatic heterocycles. The lowest BCUT2D eigenvalue weighted by Gasteiger charge is -2.17. The zero-order valence-electron chi connectivity index (χ0n) is 11.4. The average Bonchev–Trinajstić information content (AvgIpc) is 2.52. The minimum absolute atomic E-state index is 0.0630. The molecule has 0 atom stereocenters. The second kappa shape index (κ2) is 4.49. The molecule has 0 N–H and O–H groups in total. The van der Waals surface area contributed by atoms with Crippen LogP contribution in [-0.2, 0) is 27.3 Å². The third-order valence-electron chi connectivity index (χ3n) is 2.96. The Bertz CT molecular complexity index is 727. The van der Waals surface area contributed by atoms with Crippen molar-refractivity contribution in [2.75, 3.05) is 0 Å². The smallest absolute Gasteiger partial charge is 0.236 e. The van der Waals surface area contributed by atoms with Gasteiger partial charge < -0.3 is 4.57 Å². The van der Waals surface area contributed by atoms with Crippen molar-refractivity contribution in [1.82, 2.24) is 9.55 Å². The summed E-state index contributed by atoms with van der Waals surface area (Å²) in [5.74, 6) is 0.791. The lowest BCUT2D eigenvalue weighted by atomic mass is 9.96. The van der Waals surface area contributed by atoms with Crippen molar-refractivity contribution < 1.29 is 8.42 Å². The number of hydrogen-bond donors (Lipinski definition) is 0. The van der Waals surface area contributed by atoms with Crippen molar-refractivity contribution in [2.45, 2.75) is 31.9 Å². The minimum Gasteiger partial charge on any atom is -0.331 e. The Morgan fingerprint density at radius 1 is 1.32 bits per heavy atom. The van der Waals surface area contributed by atoms with Gasteiger partial charge in [0.05, 0.1) is 16.8 Å². The number of imidazole rings is 1. The number of rotatable bonds is 2. The highest BCUT2D eigenvalue weighted by Crippen LogP contribution is 2.26. The number of fused-ring (bicyclic) bond motifs is 1. The van der Waals surface area contributed by atoms with Crippen molar-refractivity contribution in [3.05, 3.63) is 29.6 Å². The summed E-state index contributed by atoms with van der Waals surface area (Å²) in [6.45, 7) is 6.29. The molecule has 0 aliphatic rings. The van der Waals surface area contributed by atoms with Crippen LogP contribution in [-0.4, -0.2) is 18.0 Å². The van der Waals surface area contributed by atoms with Crippen molar-refractivity contribution in [3.63, 3.8) is 0 Å². The summed E-state index contributed by atoms with van der Waals surface area (Å²) in [5.41, 5.74) is 2.37. The van der Waals surface area contributed by atoms with E-state index in [0.29, 0.717) is 5.56 Å². The van der Waals surface area contributed by atoms with E-state index in [1.165, 1.54) is 0 Å². The molecule has 1 heterocycles. The fourth-order valence-corrected chi connectivity index (χ4v) is 3.16. The molecular weight excluding hydrogens is 284 g/mol. The average molecular weight is 301 g/mol. The first kappa shape index (κ1) is 14.3. The van der Waals surface area contributed by atoms with Gasteiger partial charge in [0, 0.05) is 23.1 Å². The molecule has 104 valence electrons. The zero-order chi connectivity index (χ0) is 14.4. The van der Waals surface area contributed by atoms with Gasteiger partial charge in [-0.2, -0.15) is 0 Å². The van der Waals surface area contributed by atoms with Crippen LogP contribution in [0.3, 0.4) is 0 Å². The van der Waals surface area contributed by atoms with Crippen molar-refractivity contribution in [3.8, 4) is 0 Å². The topological polar surface area (TPSA) is 52.0 Å². The van der Waals surface area contributed by atoms with Crippen molar-refractivity contribution in [1.29, 1.82) is 0 Å². The summed E-state index contributed by atoms with van der Waals surface area (Å²) >= 11 is 0. The fraction of sp³-hybridized carbons (Fsp3) is 0.462. The van der Waals surface area contributed by atoms with Gasteiger partial charge in [0.1, 0.15) is 5.82 Å². The van der Waals surface area contributed by atoms with Gasteiger partial charge in [-0.1, -0.05) is 26.8 Å². The van der Waals surface area contributed by atoms with Gasteiger partial charge in [-0.05, 0) is 17.7 Å². The van der Waals surface area contributed by atoms with Crippen LogP contribution in [0, 0.1) is 0 Å². The second-order valence-electron chi connectivity index (χ2n) is 5.75. The molecule has 0 spiro atoms. The summed E-state index contributed by atoms with van der Waals surface area (Å²) in [6.07, 6.45) is 0. The van der Waals surface area contributed by atoms with E-state index in [0.717, 1.165) is 16.9 Å². The third-order valence-corrected chi connectivity index (χ3v) is 3.96. The van der Waals surface area contributed by atoms with Crippen LogP contribution in [0.15, 0.2) is 18.2 Å². The highest BCUT2D eigenvalue weighted by Gasteiger charge is 2.21. The maximum absolute atomic E-state index is 11.1. The van der Waals surface area contributed by atoms with Gasteiger partial charge in [-0.25, -0.2) is 13.4 Å². The van der Waals surface area contributed by atoms with E-state index in [2.05, 4.69) is 25.8 Å². The summed E-state index contributed by atoms with van der Waals surface area (Å²) < 4.78 is 24.3. The number of halogens is 1. The van der Waals surface area contributed by atoms with Gasteiger partial charge >= 0.3 is 0 Å². The number of benzene rings is 1. The SMILES string of the molecule is Cn1c(C(C)(C)C)nc2cc(CS(=O)(=O)Cl)ccc21. The monoisotopic (exact) mass is 300 g/mol. The first-order chi connectivity index (χ1) is 8.58. The Morgan fingerprint density at radius 2 is 1.95 bits per heavy atom. The Labute approximate surface area is 117 Å². The van der Waals surface area contributed by atoms with Gasteiger partial charge in [0.15, 0.2) is 0 Å². The summed E-state index contributed by atoms with van der Waals surface area (Å²) in [6, 6.07) is 5.44. The molecule has 2 aromatic rings. The molecule has 6 heteroatoms. The summed E-state index contributed by atoms with van der Waals surface area (Å²) in [4.78, 5) is 4.60. The third kappa shape index (κ3) is 3.09. The second-order valence-corrected chi connectivity index (χ2v) is 8.53. The van der Waals surface area contributed by atoms with Crippen LogP contribution in [0.5, 0.6) is 0 Å². The number of hydrogen-bond acceptors (Lipinski definition) is 3. The molecule has 0 amide bonds. The standard InChI is InChI=1S/C13H17ClN2O2S/c1-13(2,3)12-15-10-7-9(8-19(14,17)18)5-6-11(10)16(12)4/h5-7H,8H2,1-4H3. The molecule has 0 radical (unpaired) electrons. The van der Waals surface area contributed by atoms with E-state index in [1.807, 2.05) is 17.7 Å². The fourth-order valence-electron chi connectivity index (χ4n) is 2.21. The van der Waals surface area contributed by atoms with Crippen LogP contribution in [0.25, 0.3) is 11.0 Å². The quantitative estimate of drug-likeness (QED) is 0.801. The van der Waals surface area contributed by atoms with Crippen LogP contribution < -0.4 is 0 Å². The predicted molar refractivity (Wildman–Crippen MR) is 77.9 cm³/mol. The van der Waals surface area contributed by atoms with Crippen molar-refractivity contribution in [2.24, 2.45) is 7.05 Å². The summed E-state index contributed by atoms with van der Waals surface area (Å²) in [5, 5.41) is 0. The molecule has 0 saturated carbocycles. The highest BCUT2D eigenvalue weighted by atomic mass is 35.7. The maximum atomic E-state index is 11.1. The van der Waals surface area contributed by atoms with Gasteiger partial charge in [-0.3, -0.25) is 0 Å². The van der Waals surface area contributed by atoms with E-state index in [9.17, 15) is 8.42 Å². The lowest BCUT2D eigenvalue weighted by molar-refractivity contribution is 0.526. The summed E-state index contributed by atoms with van der Waals surface area (Å²) in [7, 11) is 3.70. The molecule has 4 nitrogen and oxygen atoms in total. The predicted octanol–water partition coefficient (Wildman–Crippen LogP) is 2.94. The van der Waals surface area contributed by atoms with Gasteiger partial charge in [0.2, 0.25) is 9.05 Å². The Kier molecular flexibility index (Phi) is 3.39. The molecule has 0 aliphatic carbocycles. The molecule has 2 rings (SSSR count). The van der Waals surface area contributed by atoms with E-state index in [1.54, 1.807) is 12.1 Å². The first-order valence-corrected chi connectivity index (χ1v) is 8.44. The number of nitrogens with zero attached hydrogens (tertiary/aromatic N) is 2. The van der Waals surface area contributed by atoms with Crippen molar-refractivity contribution >= 4 is 30.8 Å². The molecule has 0 saturated heterocycles. The first-order valence-electron chi connectivity index (χ1n) is 5.96. The lowest BCUT2D eigenvalue weighted by Crippen LogP contribution is -2.17. The normalized spacial score (nSPS) is 13.1.